The fourth-order valence-electron chi connectivity index (χ4n) is 1.47. The first-order valence-corrected chi connectivity index (χ1v) is 6.44. The van der Waals surface area contributed by atoms with E-state index in [4.69, 9.17) is 15.3 Å². The summed E-state index contributed by atoms with van der Waals surface area (Å²) in [5, 5.41) is 53.5. The van der Waals surface area contributed by atoms with Crippen LogP contribution in [0.2, 0.25) is 0 Å². The lowest BCUT2D eigenvalue weighted by atomic mass is 9.84. The topological polar surface area (TPSA) is 148 Å². The van der Waals surface area contributed by atoms with Crippen LogP contribution < -0.4 is 0 Å². The molecule has 0 aliphatic carbocycles. The lowest BCUT2D eigenvalue weighted by Gasteiger charge is -2.27. The molecule has 0 bridgehead atoms. The van der Waals surface area contributed by atoms with Crippen LogP contribution in [0.4, 0.5) is 0 Å². The van der Waals surface area contributed by atoms with Crippen molar-refractivity contribution in [3.8, 4) is 0 Å². The van der Waals surface area contributed by atoms with Gasteiger partial charge in [0.2, 0.25) is 0 Å². The first-order valence-electron chi connectivity index (χ1n) is 6.44. The molecule has 0 radical (unpaired) electrons. The number of aliphatic hydroxyl groups is 6. The van der Waals surface area contributed by atoms with Gasteiger partial charge < -0.3 is 35.4 Å². The smallest absolute Gasteiger partial charge is 0.333 e. The van der Waals surface area contributed by atoms with Gasteiger partial charge in [-0.2, -0.15) is 0 Å². The van der Waals surface area contributed by atoms with Gasteiger partial charge >= 0.3 is 11.9 Å². The minimum absolute atomic E-state index is 0.210. The van der Waals surface area contributed by atoms with Crippen LogP contribution in [0, 0.1) is 5.41 Å². The highest BCUT2D eigenvalue weighted by atomic mass is 16.7. The molecule has 124 valence electrons. The molecule has 0 atom stereocenters. The van der Waals surface area contributed by atoms with Crippen molar-refractivity contribution in [3.63, 3.8) is 0 Å². The molecule has 6 N–H and O–H groups in total. The zero-order valence-electron chi connectivity index (χ0n) is 12.2. The summed E-state index contributed by atoms with van der Waals surface area (Å²) in [4.78, 5) is 11.6. The van der Waals surface area contributed by atoms with Crippen molar-refractivity contribution in [2.75, 3.05) is 26.4 Å². The second-order valence-electron chi connectivity index (χ2n) is 5.23. The van der Waals surface area contributed by atoms with E-state index in [0.717, 1.165) is 0 Å². The lowest BCUT2D eigenvalue weighted by molar-refractivity contribution is -0.327. The van der Waals surface area contributed by atoms with Gasteiger partial charge in [-0.3, -0.25) is 0 Å². The van der Waals surface area contributed by atoms with Crippen LogP contribution in [0.1, 0.15) is 26.7 Å². The number of rotatable bonds is 9. The van der Waals surface area contributed by atoms with Crippen molar-refractivity contribution >= 4 is 5.97 Å². The highest BCUT2D eigenvalue weighted by Crippen LogP contribution is 2.25. The molecular formula is C13H24O8. The molecule has 0 aromatic rings. The molecule has 8 nitrogen and oxygen atoms in total. The monoisotopic (exact) mass is 308 g/mol. The number of allylic oxidation sites excluding steroid dienone is 1. The molecule has 0 saturated carbocycles. The summed E-state index contributed by atoms with van der Waals surface area (Å²) in [6.45, 7) is 0.947. The van der Waals surface area contributed by atoms with Crippen molar-refractivity contribution in [2.24, 2.45) is 5.41 Å². The predicted octanol–water partition coefficient (Wildman–Crippen LogP) is -1.76. The molecule has 0 amide bonds. The van der Waals surface area contributed by atoms with E-state index >= 15 is 0 Å². The molecule has 0 heterocycles. The molecule has 21 heavy (non-hydrogen) atoms. The van der Waals surface area contributed by atoms with Gasteiger partial charge in [0, 0.05) is 11.0 Å². The summed E-state index contributed by atoms with van der Waals surface area (Å²) >= 11 is 0. The minimum atomic E-state index is -3.08. The van der Waals surface area contributed by atoms with Crippen LogP contribution >= 0.6 is 0 Å². The second-order valence-corrected chi connectivity index (χ2v) is 5.23. The number of aliphatic hydroxyl groups excluding tert-OH is 3. The van der Waals surface area contributed by atoms with Gasteiger partial charge in [-0.25, -0.2) is 4.79 Å². The van der Waals surface area contributed by atoms with Crippen molar-refractivity contribution in [2.45, 2.75) is 32.7 Å². The number of hydrogen-bond acceptors (Lipinski definition) is 8. The maximum absolute atomic E-state index is 11.6. The highest BCUT2D eigenvalue weighted by Gasteiger charge is 2.28. The average Bonchev–Trinajstić information content (AvgIpc) is 2.45. The van der Waals surface area contributed by atoms with Gasteiger partial charge in [-0.1, -0.05) is 5.57 Å². The third-order valence-electron chi connectivity index (χ3n) is 3.38. The molecule has 0 spiro atoms. The van der Waals surface area contributed by atoms with Crippen molar-refractivity contribution in [1.82, 2.24) is 0 Å². The van der Waals surface area contributed by atoms with E-state index in [-0.39, 0.29) is 12.0 Å². The van der Waals surface area contributed by atoms with Crippen molar-refractivity contribution in [1.29, 1.82) is 0 Å². The van der Waals surface area contributed by atoms with Gasteiger partial charge in [-0.05, 0) is 26.7 Å². The maximum Gasteiger partial charge on any atom is 0.333 e. The Kier molecular flexibility index (Phi) is 8.01. The first-order chi connectivity index (χ1) is 9.60. The van der Waals surface area contributed by atoms with Gasteiger partial charge in [0.25, 0.3) is 0 Å². The van der Waals surface area contributed by atoms with E-state index in [1.807, 2.05) is 0 Å². The number of esters is 1. The summed E-state index contributed by atoms with van der Waals surface area (Å²) in [6.07, 6.45) is 0.585. The van der Waals surface area contributed by atoms with Crippen molar-refractivity contribution < 1.29 is 40.2 Å². The van der Waals surface area contributed by atoms with Crippen LogP contribution in [0.3, 0.4) is 0 Å². The summed E-state index contributed by atoms with van der Waals surface area (Å²) in [6, 6.07) is 0. The molecule has 0 aliphatic heterocycles. The van der Waals surface area contributed by atoms with Crippen LogP contribution in [0.25, 0.3) is 0 Å². The van der Waals surface area contributed by atoms with Gasteiger partial charge in [-0.15, -0.1) is 0 Å². The van der Waals surface area contributed by atoms with Gasteiger partial charge in [0.05, 0.1) is 19.8 Å². The van der Waals surface area contributed by atoms with Crippen LogP contribution in [-0.2, 0) is 9.53 Å². The molecule has 0 fully saturated rings. The summed E-state index contributed by atoms with van der Waals surface area (Å²) < 4.78 is 4.51. The Balaban J connectivity index is 4.66. The minimum Gasteiger partial charge on any atom is -0.454 e. The number of ether oxygens (including phenoxy) is 1. The third-order valence-corrected chi connectivity index (χ3v) is 3.38. The molecule has 0 rings (SSSR count). The molecule has 0 unspecified atom stereocenters. The number of carbonyl (C=O) groups excluding carboxylic acids is 1. The van der Waals surface area contributed by atoms with Crippen LogP contribution in [0.5, 0.6) is 0 Å². The zero-order valence-corrected chi connectivity index (χ0v) is 12.2. The third kappa shape index (κ3) is 6.98. The molecule has 0 saturated heterocycles. The Labute approximate surface area is 122 Å². The van der Waals surface area contributed by atoms with Crippen LogP contribution in [0.15, 0.2) is 11.1 Å². The molecule has 0 aromatic heterocycles. The van der Waals surface area contributed by atoms with E-state index < -0.39 is 43.8 Å². The summed E-state index contributed by atoms with van der Waals surface area (Å²) in [5.74, 6) is -3.90. The van der Waals surface area contributed by atoms with E-state index in [2.05, 4.69) is 4.74 Å². The Morgan fingerprint density at radius 1 is 1.00 bits per heavy atom. The van der Waals surface area contributed by atoms with E-state index in [1.165, 1.54) is 6.92 Å². The molecular weight excluding hydrogens is 284 g/mol. The lowest BCUT2D eigenvalue weighted by Crippen LogP contribution is -2.35. The Bertz CT molecular complexity index is 357. The standard InChI is InChI=1S/C13H24O8/c1-9(3-4-12(5-14,6-15)7-16)10(2)11(17)21-8-13(18,19)20/h14-16,18-20H,3-8H2,1-2H3. The summed E-state index contributed by atoms with van der Waals surface area (Å²) in [5.41, 5.74) is -0.219. The summed E-state index contributed by atoms with van der Waals surface area (Å²) in [7, 11) is 0. The quantitative estimate of drug-likeness (QED) is 0.167. The second kappa shape index (κ2) is 8.42. The predicted molar refractivity (Wildman–Crippen MR) is 71.6 cm³/mol. The van der Waals surface area contributed by atoms with Gasteiger partial charge in [0.15, 0.2) is 6.61 Å². The van der Waals surface area contributed by atoms with E-state index in [0.29, 0.717) is 12.0 Å². The Hall–Kier alpha value is -1.03. The largest absolute Gasteiger partial charge is 0.454 e. The molecule has 8 heteroatoms. The molecule has 0 aliphatic rings. The Morgan fingerprint density at radius 2 is 1.48 bits per heavy atom. The van der Waals surface area contributed by atoms with Gasteiger partial charge in [0.1, 0.15) is 0 Å². The Morgan fingerprint density at radius 3 is 1.86 bits per heavy atom. The van der Waals surface area contributed by atoms with Crippen molar-refractivity contribution in [3.05, 3.63) is 11.1 Å². The highest BCUT2D eigenvalue weighted by molar-refractivity contribution is 5.88. The maximum atomic E-state index is 11.6. The van der Waals surface area contributed by atoms with E-state index in [9.17, 15) is 20.1 Å². The normalized spacial score (nSPS) is 13.9. The number of hydrogen-bond donors (Lipinski definition) is 6. The fourth-order valence-corrected chi connectivity index (χ4v) is 1.47. The van der Waals surface area contributed by atoms with Crippen LogP contribution in [-0.4, -0.2) is 69.0 Å². The fraction of sp³-hybridized carbons (Fsp3) is 0.769. The first kappa shape index (κ1) is 20.0. The zero-order chi connectivity index (χ0) is 16.7. The average molecular weight is 308 g/mol. The number of carbonyl (C=O) groups is 1. The SMILES string of the molecule is CC(CCC(CO)(CO)CO)=C(C)C(=O)OCC(O)(O)O. The van der Waals surface area contributed by atoms with E-state index in [1.54, 1.807) is 6.92 Å². The molecule has 0 aromatic carbocycles.